The predicted octanol–water partition coefficient (Wildman–Crippen LogP) is 1.05. The number of piperidine rings is 1. The first kappa shape index (κ1) is 19.3. The van der Waals surface area contributed by atoms with Crippen LogP contribution in [0.5, 0.6) is 0 Å². The first-order valence-electron chi connectivity index (χ1n) is 9.51. The van der Waals surface area contributed by atoms with Crippen molar-refractivity contribution in [3.63, 3.8) is 0 Å². The van der Waals surface area contributed by atoms with Crippen LogP contribution in [0.2, 0.25) is 0 Å². The van der Waals surface area contributed by atoms with Crippen molar-refractivity contribution >= 4 is 29.0 Å². The van der Waals surface area contributed by atoms with Gasteiger partial charge in [-0.15, -0.1) is 0 Å². The largest absolute Gasteiger partial charge is 0.366 e. The van der Waals surface area contributed by atoms with Gasteiger partial charge < -0.3 is 31.3 Å². The summed E-state index contributed by atoms with van der Waals surface area (Å²) in [5.41, 5.74) is 6.84. The number of benzene rings is 1. The molecule has 1 saturated heterocycles. The van der Waals surface area contributed by atoms with E-state index in [1.807, 2.05) is 4.90 Å². The maximum Gasteiger partial charge on any atom is 0.251 e. The molecule has 0 aliphatic carbocycles. The Labute approximate surface area is 167 Å². The number of rotatable bonds is 4. The summed E-state index contributed by atoms with van der Waals surface area (Å²) in [5.74, 6) is -0.616. The van der Waals surface area contributed by atoms with Crippen LogP contribution in [0.1, 0.15) is 28.8 Å². The number of carbonyl (C=O) groups excluding carboxylic acids is 1. The topological polar surface area (TPSA) is 120 Å². The zero-order valence-corrected chi connectivity index (χ0v) is 16.3. The number of primary amides is 1. The molecule has 9 nitrogen and oxygen atoms in total. The van der Waals surface area contributed by atoms with Gasteiger partial charge in [-0.1, -0.05) is 0 Å². The van der Waals surface area contributed by atoms with Crippen molar-refractivity contribution in [3.05, 3.63) is 35.3 Å². The van der Waals surface area contributed by atoms with Crippen molar-refractivity contribution in [2.45, 2.75) is 32.2 Å². The number of aromatic nitrogens is 2. The van der Waals surface area contributed by atoms with Gasteiger partial charge in [-0.25, -0.2) is 9.37 Å². The normalized spacial score (nSPS) is 19.4. The van der Waals surface area contributed by atoms with Crippen LogP contribution in [0, 0.1) is 12.7 Å². The molecule has 0 radical (unpaired) electrons. The highest BCUT2D eigenvalue weighted by molar-refractivity contribution is 5.94. The fourth-order valence-electron chi connectivity index (χ4n) is 3.86. The summed E-state index contributed by atoms with van der Waals surface area (Å²) in [6.45, 7) is 3.50. The van der Waals surface area contributed by atoms with Crippen LogP contribution < -0.4 is 26.2 Å². The number of nitrogens with one attached hydrogen (secondary N) is 2. The number of hydrogen-bond acceptors (Lipinski definition) is 8. The molecule has 4 rings (SSSR count). The minimum atomic E-state index is -0.819. The molecule has 2 aromatic rings. The molecule has 1 aromatic carbocycles. The highest BCUT2D eigenvalue weighted by Crippen LogP contribution is 2.39. The lowest BCUT2D eigenvalue weighted by Gasteiger charge is -2.35. The molecule has 154 valence electrons. The molecule has 1 fully saturated rings. The van der Waals surface area contributed by atoms with Crippen LogP contribution in [-0.2, 0) is 0 Å². The number of halogens is 1. The van der Waals surface area contributed by atoms with Crippen molar-refractivity contribution in [3.8, 4) is 0 Å². The zero-order chi connectivity index (χ0) is 20.7. The fourth-order valence-corrected chi connectivity index (χ4v) is 3.86. The predicted molar refractivity (Wildman–Crippen MR) is 108 cm³/mol. The van der Waals surface area contributed by atoms with Crippen LogP contribution in [-0.4, -0.2) is 53.5 Å². The maximum absolute atomic E-state index is 14.2. The average molecular weight is 401 g/mol. The quantitative estimate of drug-likeness (QED) is 0.600. The summed E-state index contributed by atoms with van der Waals surface area (Å²) in [4.78, 5) is 23.9. The summed E-state index contributed by atoms with van der Waals surface area (Å²) < 4.78 is 14.2. The molecule has 1 atom stereocenters. The van der Waals surface area contributed by atoms with E-state index in [9.17, 15) is 14.3 Å². The number of fused-ring (bicyclic) bond motifs is 1. The number of aliphatic hydroxyl groups is 1. The molecule has 5 N–H and O–H groups in total. The minimum absolute atomic E-state index is 0.159. The van der Waals surface area contributed by atoms with E-state index in [0.717, 1.165) is 31.6 Å². The standard InChI is InChI=1S/C19H24FN7O2/c1-10-7-12(16(21)28)13(20)8-14(10)24-18-23-9-15-17(25-18)27(19(29)26(15)2)11-3-5-22-6-4-11/h7-9,11,19,22,29H,3-6H2,1-2H3,(H2,21,28)(H,23,24,25). The van der Waals surface area contributed by atoms with Gasteiger partial charge in [0, 0.05) is 18.8 Å². The summed E-state index contributed by atoms with van der Waals surface area (Å²) in [5, 5.41) is 17.1. The van der Waals surface area contributed by atoms with E-state index >= 15 is 0 Å². The Morgan fingerprint density at radius 2 is 2.10 bits per heavy atom. The molecule has 2 aliphatic rings. The number of hydrogen-bond donors (Lipinski definition) is 4. The smallest absolute Gasteiger partial charge is 0.251 e. The van der Waals surface area contributed by atoms with Gasteiger partial charge in [-0.05, 0) is 50.6 Å². The van der Waals surface area contributed by atoms with Gasteiger partial charge in [0.15, 0.2) is 5.82 Å². The van der Waals surface area contributed by atoms with E-state index in [1.54, 1.807) is 25.1 Å². The second-order valence-electron chi connectivity index (χ2n) is 7.38. The second kappa shape index (κ2) is 7.45. The van der Waals surface area contributed by atoms with E-state index in [1.165, 1.54) is 12.1 Å². The highest BCUT2D eigenvalue weighted by atomic mass is 19.1. The van der Waals surface area contributed by atoms with Gasteiger partial charge in [-0.3, -0.25) is 4.79 Å². The summed E-state index contributed by atoms with van der Waals surface area (Å²) in [6, 6.07) is 2.76. The van der Waals surface area contributed by atoms with Crippen molar-refractivity contribution in [1.29, 1.82) is 0 Å². The van der Waals surface area contributed by atoms with Gasteiger partial charge in [0.2, 0.25) is 12.3 Å². The van der Waals surface area contributed by atoms with Crippen LogP contribution in [0.25, 0.3) is 0 Å². The third-order valence-electron chi connectivity index (χ3n) is 5.50. The Morgan fingerprint density at radius 3 is 2.79 bits per heavy atom. The lowest BCUT2D eigenvalue weighted by molar-refractivity contribution is 0.0996. The molecule has 0 saturated carbocycles. The summed E-state index contributed by atoms with van der Waals surface area (Å²) in [6.07, 6.45) is 2.62. The molecule has 2 aliphatic heterocycles. The zero-order valence-electron chi connectivity index (χ0n) is 16.3. The number of aryl methyl sites for hydroxylation is 1. The van der Waals surface area contributed by atoms with Crippen LogP contribution in [0.4, 0.5) is 27.5 Å². The van der Waals surface area contributed by atoms with Crippen molar-refractivity contribution in [2.75, 3.05) is 35.3 Å². The van der Waals surface area contributed by atoms with E-state index < -0.39 is 18.1 Å². The van der Waals surface area contributed by atoms with Crippen molar-refractivity contribution < 1.29 is 14.3 Å². The van der Waals surface area contributed by atoms with Gasteiger partial charge >= 0.3 is 0 Å². The minimum Gasteiger partial charge on any atom is -0.366 e. The van der Waals surface area contributed by atoms with E-state index in [4.69, 9.17) is 5.73 Å². The van der Waals surface area contributed by atoms with Crippen molar-refractivity contribution in [2.24, 2.45) is 5.73 Å². The number of carbonyl (C=O) groups is 1. The number of nitrogens with two attached hydrogens (primary N) is 1. The number of aliphatic hydroxyl groups excluding tert-OH is 1. The SMILES string of the molecule is Cc1cc(C(N)=O)c(F)cc1Nc1ncc2c(n1)N(C1CCNCC1)C(O)N2C. The molecular weight excluding hydrogens is 377 g/mol. The van der Waals surface area contributed by atoms with Crippen LogP contribution >= 0.6 is 0 Å². The van der Waals surface area contributed by atoms with E-state index in [-0.39, 0.29) is 17.6 Å². The average Bonchev–Trinajstić information content (AvgIpc) is 2.95. The van der Waals surface area contributed by atoms with Crippen LogP contribution in [0.3, 0.4) is 0 Å². The molecule has 0 spiro atoms. The Balaban J connectivity index is 1.65. The fraction of sp³-hybridized carbons (Fsp3) is 0.421. The molecule has 1 unspecified atom stereocenters. The first-order chi connectivity index (χ1) is 13.9. The summed E-state index contributed by atoms with van der Waals surface area (Å²) in [7, 11) is 1.79. The van der Waals surface area contributed by atoms with Gasteiger partial charge in [0.25, 0.3) is 5.91 Å². The third kappa shape index (κ3) is 3.45. The lowest BCUT2D eigenvalue weighted by Crippen LogP contribution is -2.50. The van der Waals surface area contributed by atoms with Gasteiger partial charge in [0.05, 0.1) is 11.8 Å². The maximum atomic E-state index is 14.2. The molecule has 10 heteroatoms. The number of nitrogens with zero attached hydrogens (tertiary/aromatic N) is 4. The molecular formula is C19H24FN7O2. The number of anilines is 4. The van der Waals surface area contributed by atoms with Gasteiger partial charge in [0.1, 0.15) is 11.5 Å². The molecule has 29 heavy (non-hydrogen) atoms. The second-order valence-corrected chi connectivity index (χ2v) is 7.38. The molecule has 1 amide bonds. The first-order valence-corrected chi connectivity index (χ1v) is 9.51. The molecule has 3 heterocycles. The van der Waals surface area contributed by atoms with E-state index in [2.05, 4.69) is 20.6 Å². The van der Waals surface area contributed by atoms with Crippen LogP contribution in [0.15, 0.2) is 18.3 Å². The highest BCUT2D eigenvalue weighted by Gasteiger charge is 2.39. The lowest BCUT2D eigenvalue weighted by atomic mass is 10.1. The Bertz CT molecular complexity index is 948. The third-order valence-corrected chi connectivity index (χ3v) is 5.50. The Hall–Kier alpha value is -2.98. The monoisotopic (exact) mass is 401 g/mol. The Morgan fingerprint density at radius 1 is 1.38 bits per heavy atom. The van der Waals surface area contributed by atoms with Gasteiger partial charge in [-0.2, -0.15) is 4.98 Å². The molecule has 0 bridgehead atoms. The van der Waals surface area contributed by atoms with Crippen molar-refractivity contribution in [1.82, 2.24) is 15.3 Å². The molecule has 1 aromatic heterocycles. The van der Waals surface area contributed by atoms with E-state index in [0.29, 0.717) is 17.1 Å². The number of amides is 1. The Kier molecular flexibility index (Phi) is 4.97. The summed E-state index contributed by atoms with van der Waals surface area (Å²) >= 11 is 0.